The van der Waals surface area contributed by atoms with Gasteiger partial charge in [-0.3, -0.25) is 4.89 Å². The predicted molar refractivity (Wildman–Crippen MR) is 39.7 cm³/mol. The molecular weight excluding hydrogens is 232 g/mol. The predicted octanol–water partition coefficient (Wildman–Crippen LogP) is 1.01. The van der Waals surface area contributed by atoms with Gasteiger partial charge in [-0.15, -0.1) is 4.33 Å². The van der Waals surface area contributed by atoms with Crippen molar-refractivity contribution in [2.24, 2.45) is 0 Å². The molecule has 6 heteroatoms. The van der Waals surface area contributed by atoms with Gasteiger partial charge in [-0.05, 0) is 12.1 Å². The SMILES string of the molecule is O=C(OOS)c1ccccn1.[Zn]. The van der Waals surface area contributed by atoms with Crippen LogP contribution in [-0.4, -0.2) is 11.0 Å². The number of carbonyl (C=O) groups excluding carboxylic acids is 1. The zero-order valence-electron chi connectivity index (χ0n) is 6.14. The minimum Gasteiger partial charge on any atom is -0.279 e. The first-order chi connectivity index (χ1) is 5.34. The van der Waals surface area contributed by atoms with Gasteiger partial charge in [0.05, 0.1) is 0 Å². The summed E-state index contributed by atoms with van der Waals surface area (Å²) in [5, 5.41) is 0. The van der Waals surface area contributed by atoms with Crippen molar-refractivity contribution < 1.29 is 33.5 Å². The molecule has 1 aromatic heterocycles. The maximum absolute atomic E-state index is 10.8. The number of pyridine rings is 1. The second-order valence-corrected chi connectivity index (χ2v) is 1.81. The van der Waals surface area contributed by atoms with Crippen LogP contribution in [0.2, 0.25) is 0 Å². The smallest absolute Gasteiger partial charge is 0.279 e. The number of aromatic nitrogens is 1. The van der Waals surface area contributed by atoms with Crippen LogP contribution in [0.1, 0.15) is 10.5 Å². The van der Waals surface area contributed by atoms with Crippen LogP contribution in [-0.2, 0) is 28.7 Å². The Morgan fingerprint density at radius 1 is 1.50 bits per heavy atom. The van der Waals surface area contributed by atoms with Crippen molar-refractivity contribution in [1.82, 2.24) is 4.98 Å². The second-order valence-electron chi connectivity index (χ2n) is 1.66. The Bertz CT molecular complexity index is 244. The third kappa shape index (κ3) is 3.30. The molecule has 0 amide bonds. The van der Waals surface area contributed by atoms with E-state index < -0.39 is 5.97 Å². The molecular formula is C6H5NO3SZn. The molecule has 1 heterocycles. The second kappa shape index (κ2) is 6.11. The van der Waals surface area contributed by atoms with Crippen LogP contribution in [0, 0.1) is 0 Å². The van der Waals surface area contributed by atoms with Crippen LogP contribution in [0.5, 0.6) is 0 Å². The van der Waals surface area contributed by atoms with Crippen molar-refractivity contribution in [2.45, 2.75) is 0 Å². The van der Waals surface area contributed by atoms with Gasteiger partial charge in [-0.25, -0.2) is 9.78 Å². The molecule has 0 spiro atoms. The number of rotatable bonds is 2. The van der Waals surface area contributed by atoms with Gasteiger partial charge in [-0.1, -0.05) is 6.07 Å². The molecule has 60 valence electrons. The molecule has 0 atom stereocenters. The Hall–Kier alpha value is -0.447. The van der Waals surface area contributed by atoms with Crippen molar-refractivity contribution in [3.05, 3.63) is 30.1 Å². The van der Waals surface area contributed by atoms with E-state index >= 15 is 0 Å². The van der Waals surface area contributed by atoms with Crippen LogP contribution in [0.25, 0.3) is 0 Å². The molecule has 0 saturated carbocycles. The van der Waals surface area contributed by atoms with Crippen molar-refractivity contribution in [2.75, 3.05) is 0 Å². The first-order valence-corrected chi connectivity index (χ1v) is 3.14. The number of hydrogen-bond donors (Lipinski definition) is 1. The third-order valence-corrected chi connectivity index (χ3v) is 1.06. The average molecular weight is 237 g/mol. The summed E-state index contributed by atoms with van der Waals surface area (Å²) < 4.78 is 3.86. The van der Waals surface area contributed by atoms with E-state index in [2.05, 4.69) is 27.1 Å². The van der Waals surface area contributed by atoms with Gasteiger partial charge >= 0.3 is 5.97 Å². The summed E-state index contributed by atoms with van der Waals surface area (Å²) in [5.74, 6) is -0.666. The number of thiol groups is 1. The summed E-state index contributed by atoms with van der Waals surface area (Å²) in [6.07, 6.45) is 1.48. The van der Waals surface area contributed by atoms with E-state index in [9.17, 15) is 4.79 Å². The molecule has 1 aromatic rings. The zero-order chi connectivity index (χ0) is 8.10. The van der Waals surface area contributed by atoms with Gasteiger partial charge in [0.25, 0.3) is 0 Å². The first kappa shape index (κ1) is 11.6. The standard InChI is InChI=1S/C6H5NO3S.Zn/c8-6(9-10-11)5-3-1-2-4-7-5;/h1-4,11H;. The Kier molecular flexibility index (Phi) is 5.88. The monoisotopic (exact) mass is 235 g/mol. The van der Waals surface area contributed by atoms with Crippen molar-refractivity contribution in [1.29, 1.82) is 0 Å². The number of hydrogen-bond acceptors (Lipinski definition) is 5. The van der Waals surface area contributed by atoms with Crippen LogP contribution in [0.3, 0.4) is 0 Å². The fraction of sp³-hybridized carbons (Fsp3) is 0. The molecule has 12 heavy (non-hydrogen) atoms. The quantitative estimate of drug-likeness (QED) is 0.274. The van der Waals surface area contributed by atoms with Crippen molar-refractivity contribution in [3.8, 4) is 0 Å². The summed E-state index contributed by atoms with van der Waals surface area (Å²) in [6.45, 7) is 0. The average Bonchev–Trinajstić information content (AvgIpc) is 2.07. The molecule has 0 unspecified atom stereocenters. The maximum Gasteiger partial charge on any atom is 0.392 e. The molecule has 0 aliphatic carbocycles. The largest absolute Gasteiger partial charge is 0.392 e. The van der Waals surface area contributed by atoms with Crippen molar-refractivity contribution in [3.63, 3.8) is 0 Å². The van der Waals surface area contributed by atoms with E-state index in [1.807, 2.05) is 0 Å². The summed E-state index contributed by atoms with van der Waals surface area (Å²) >= 11 is 3.24. The van der Waals surface area contributed by atoms with Gasteiger partial charge in [0.2, 0.25) is 0 Å². The van der Waals surface area contributed by atoms with Crippen LogP contribution in [0.15, 0.2) is 24.4 Å². The summed E-state index contributed by atoms with van der Waals surface area (Å²) in [4.78, 5) is 18.6. The summed E-state index contributed by atoms with van der Waals surface area (Å²) in [7, 11) is 0. The van der Waals surface area contributed by atoms with Gasteiger partial charge in [-0.2, -0.15) is 0 Å². The van der Waals surface area contributed by atoms with Crippen molar-refractivity contribution >= 4 is 18.9 Å². The van der Waals surface area contributed by atoms with Gasteiger partial charge < -0.3 is 0 Å². The van der Waals surface area contributed by atoms with E-state index in [-0.39, 0.29) is 25.2 Å². The fourth-order valence-corrected chi connectivity index (χ4v) is 0.628. The minimum atomic E-state index is -0.666. The molecule has 1 rings (SSSR count). The zero-order valence-corrected chi connectivity index (χ0v) is 10.00. The third-order valence-electron chi connectivity index (χ3n) is 0.987. The number of carbonyl (C=O) groups is 1. The topological polar surface area (TPSA) is 48.4 Å². The first-order valence-electron chi connectivity index (χ1n) is 2.78. The molecule has 0 aliphatic rings. The molecule has 0 aromatic carbocycles. The fourth-order valence-electron chi connectivity index (χ4n) is 0.560. The van der Waals surface area contributed by atoms with E-state index in [1.54, 1.807) is 12.1 Å². The van der Waals surface area contributed by atoms with Crippen LogP contribution < -0.4 is 0 Å². The Labute approximate surface area is 87.6 Å². The Morgan fingerprint density at radius 2 is 2.25 bits per heavy atom. The molecule has 0 bridgehead atoms. The van der Waals surface area contributed by atoms with E-state index in [0.717, 1.165) is 0 Å². The molecule has 0 saturated heterocycles. The van der Waals surface area contributed by atoms with Crippen LogP contribution in [0.4, 0.5) is 0 Å². The molecule has 0 N–H and O–H groups in total. The molecule has 4 nitrogen and oxygen atoms in total. The molecule has 0 fully saturated rings. The summed E-state index contributed by atoms with van der Waals surface area (Å²) in [5.41, 5.74) is 0.182. The number of nitrogens with zero attached hydrogens (tertiary/aromatic N) is 1. The normalized spacial score (nSPS) is 8.42. The van der Waals surface area contributed by atoms with Crippen LogP contribution >= 0.6 is 12.9 Å². The van der Waals surface area contributed by atoms with Gasteiger partial charge in [0, 0.05) is 38.6 Å². The van der Waals surface area contributed by atoms with Gasteiger partial charge in [0.15, 0.2) is 5.69 Å². The summed E-state index contributed by atoms with van der Waals surface area (Å²) in [6, 6.07) is 4.87. The maximum atomic E-state index is 10.8. The van der Waals surface area contributed by atoms with E-state index in [1.165, 1.54) is 12.3 Å². The van der Waals surface area contributed by atoms with E-state index in [0.29, 0.717) is 0 Å². The van der Waals surface area contributed by atoms with Gasteiger partial charge in [0.1, 0.15) is 0 Å². The Balaban J connectivity index is 0.00000121. The Morgan fingerprint density at radius 3 is 2.75 bits per heavy atom. The van der Waals surface area contributed by atoms with E-state index in [4.69, 9.17) is 0 Å². The molecule has 0 radical (unpaired) electrons. The molecule has 0 aliphatic heterocycles. The minimum absolute atomic E-state index is 0.